The number of alkyl halides is 1. The lowest BCUT2D eigenvalue weighted by Gasteiger charge is -2.18. The van der Waals surface area contributed by atoms with Crippen LogP contribution < -0.4 is 5.73 Å². The Kier molecular flexibility index (Phi) is 3.30. The highest BCUT2D eigenvalue weighted by Gasteiger charge is 2.41. The van der Waals surface area contributed by atoms with E-state index in [0.717, 1.165) is 13.2 Å². The molecule has 0 aliphatic heterocycles. The van der Waals surface area contributed by atoms with Crippen molar-refractivity contribution < 1.29 is 13.2 Å². The number of anilines is 1. The van der Waals surface area contributed by atoms with Crippen molar-refractivity contribution in [2.24, 2.45) is 0 Å². The molecule has 1 aromatic rings. The maximum Gasteiger partial charge on any atom is 0.204 e. The number of hydrogen-bond acceptors (Lipinski definition) is 4. The fourth-order valence-corrected chi connectivity index (χ4v) is 1.67. The summed E-state index contributed by atoms with van der Waals surface area (Å²) in [5.41, 5.74) is 6.07. The van der Waals surface area contributed by atoms with E-state index in [1.165, 1.54) is 12.1 Å². The monoisotopic (exact) mass is 261 g/mol. The molecule has 1 rings (SSSR count). The number of hydrogen-bond donors (Lipinski definition) is 1. The van der Waals surface area contributed by atoms with E-state index in [0.29, 0.717) is 5.69 Å². The normalized spacial score (nSPS) is 15.4. The van der Waals surface area contributed by atoms with E-state index in [2.05, 4.69) is 0 Å². The van der Waals surface area contributed by atoms with Crippen molar-refractivity contribution in [1.29, 1.82) is 0 Å². The number of ketones is 1. The molecule has 0 amide bonds. The number of rotatable bonds is 3. The van der Waals surface area contributed by atoms with Gasteiger partial charge in [0.05, 0.1) is 0 Å². The van der Waals surface area contributed by atoms with E-state index in [-0.39, 0.29) is 5.56 Å². The Balaban J connectivity index is 3.23. The van der Waals surface area contributed by atoms with Crippen molar-refractivity contribution in [2.75, 3.05) is 12.0 Å². The summed E-state index contributed by atoms with van der Waals surface area (Å²) in [5, 5.41) is 0. The lowest BCUT2D eigenvalue weighted by molar-refractivity contribution is 0.0978. The van der Waals surface area contributed by atoms with E-state index in [1.54, 1.807) is 12.1 Å². The minimum Gasteiger partial charge on any atom is -0.399 e. The van der Waals surface area contributed by atoms with Gasteiger partial charge in [-0.3, -0.25) is 4.79 Å². The molecule has 88 valence electrons. The molecule has 4 nitrogen and oxygen atoms in total. The van der Waals surface area contributed by atoms with Gasteiger partial charge in [0.25, 0.3) is 0 Å². The molecule has 2 N–H and O–H groups in total. The predicted octanol–water partition coefficient (Wildman–Crippen LogP) is 1.45. The highest BCUT2D eigenvalue weighted by Crippen LogP contribution is 2.27. The van der Waals surface area contributed by atoms with Gasteiger partial charge in [0.2, 0.25) is 4.21 Å². The van der Waals surface area contributed by atoms with Crippen LogP contribution in [0.2, 0.25) is 0 Å². The summed E-state index contributed by atoms with van der Waals surface area (Å²) in [6.07, 6.45) is 0.921. The summed E-state index contributed by atoms with van der Waals surface area (Å²) in [6, 6.07) is 6.04. The number of halogens is 1. The van der Waals surface area contributed by atoms with E-state index >= 15 is 0 Å². The van der Waals surface area contributed by atoms with Gasteiger partial charge in [-0.25, -0.2) is 8.42 Å². The van der Waals surface area contributed by atoms with Crippen molar-refractivity contribution in [3.05, 3.63) is 29.8 Å². The molecule has 0 fully saturated rings. The van der Waals surface area contributed by atoms with Gasteiger partial charge in [0.1, 0.15) is 0 Å². The number of benzene rings is 1. The second kappa shape index (κ2) is 4.07. The molecule has 16 heavy (non-hydrogen) atoms. The van der Waals surface area contributed by atoms with Gasteiger partial charge < -0.3 is 5.73 Å². The molecule has 0 bridgehead atoms. The summed E-state index contributed by atoms with van der Waals surface area (Å²) in [5.74, 6) is -0.677. The zero-order valence-corrected chi connectivity index (χ0v) is 10.5. The first-order valence-electron chi connectivity index (χ1n) is 4.45. The molecular weight excluding hydrogens is 250 g/mol. The predicted molar refractivity (Wildman–Crippen MR) is 64.3 cm³/mol. The van der Waals surface area contributed by atoms with Crippen LogP contribution in [0, 0.1) is 0 Å². The molecule has 0 aliphatic carbocycles. The SMILES string of the molecule is CC(Cl)(C(=O)c1cccc(N)c1)S(C)(=O)=O. The second-order valence-electron chi connectivity index (χ2n) is 3.64. The van der Waals surface area contributed by atoms with Crippen LogP contribution in [0.15, 0.2) is 24.3 Å². The topological polar surface area (TPSA) is 77.2 Å². The third-order valence-electron chi connectivity index (χ3n) is 2.25. The largest absolute Gasteiger partial charge is 0.399 e. The molecule has 6 heteroatoms. The Hall–Kier alpha value is -1.07. The third kappa shape index (κ3) is 2.36. The van der Waals surface area contributed by atoms with Gasteiger partial charge >= 0.3 is 0 Å². The van der Waals surface area contributed by atoms with E-state index in [1.807, 2.05) is 0 Å². The molecule has 0 spiro atoms. The Morgan fingerprint density at radius 3 is 2.44 bits per heavy atom. The Labute approximate surface area is 99.3 Å². The van der Waals surface area contributed by atoms with Crippen molar-refractivity contribution in [1.82, 2.24) is 0 Å². The van der Waals surface area contributed by atoms with Gasteiger partial charge in [-0.1, -0.05) is 23.7 Å². The van der Waals surface area contributed by atoms with Crippen LogP contribution in [-0.2, 0) is 9.84 Å². The summed E-state index contributed by atoms with van der Waals surface area (Å²) in [6.45, 7) is 1.16. The zero-order valence-electron chi connectivity index (χ0n) is 8.90. The molecule has 1 aromatic carbocycles. The highest BCUT2D eigenvalue weighted by molar-refractivity contribution is 7.94. The van der Waals surface area contributed by atoms with E-state index in [9.17, 15) is 13.2 Å². The van der Waals surface area contributed by atoms with Crippen LogP contribution in [0.4, 0.5) is 5.69 Å². The molecular formula is C10H12ClNO3S. The number of carbonyl (C=O) groups excluding carboxylic acids is 1. The van der Waals surface area contributed by atoms with Crippen molar-refractivity contribution in [3.63, 3.8) is 0 Å². The number of nitrogens with two attached hydrogens (primary N) is 1. The molecule has 1 atom stereocenters. The standard InChI is InChI=1S/C10H12ClNO3S/c1-10(11,16(2,14)15)9(13)7-4-3-5-8(12)6-7/h3-6H,12H2,1-2H3. The van der Waals surface area contributed by atoms with Crippen LogP contribution >= 0.6 is 11.6 Å². The Morgan fingerprint density at radius 1 is 1.44 bits per heavy atom. The van der Waals surface area contributed by atoms with Crippen LogP contribution in [0.5, 0.6) is 0 Å². The van der Waals surface area contributed by atoms with Crippen LogP contribution in [0.25, 0.3) is 0 Å². The minimum absolute atomic E-state index is 0.183. The van der Waals surface area contributed by atoms with Gasteiger partial charge in [-0.05, 0) is 19.1 Å². The van der Waals surface area contributed by atoms with E-state index < -0.39 is 19.8 Å². The van der Waals surface area contributed by atoms with Gasteiger partial charge in [-0.2, -0.15) is 0 Å². The first kappa shape index (κ1) is 13.0. The smallest absolute Gasteiger partial charge is 0.204 e. The summed E-state index contributed by atoms with van der Waals surface area (Å²) < 4.78 is 20.8. The van der Waals surface area contributed by atoms with Gasteiger partial charge in [0.15, 0.2) is 15.6 Å². The van der Waals surface area contributed by atoms with Gasteiger partial charge in [0, 0.05) is 17.5 Å². The van der Waals surface area contributed by atoms with Crippen LogP contribution in [0.3, 0.4) is 0 Å². The molecule has 1 unspecified atom stereocenters. The quantitative estimate of drug-likeness (QED) is 0.508. The first-order chi connectivity index (χ1) is 7.16. The second-order valence-corrected chi connectivity index (χ2v) is 6.98. The highest BCUT2D eigenvalue weighted by atomic mass is 35.5. The number of Topliss-reactive ketones (excluding diaryl/α,β-unsaturated/α-hetero) is 1. The lowest BCUT2D eigenvalue weighted by atomic mass is 10.1. The van der Waals surface area contributed by atoms with Crippen LogP contribution in [0.1, 0.15) is 17.3 Å². The fraction of sp³-hybridized carbons (Fsp3) is 0.300. The average Bonchev–Trinajstić information content (AvgIpc) is 2.14. The van der Waals surface area contributed by atoms with Crippen LogP contribution in [-0.4, -0.2) is 24.7 Å². The molecule has 0 radical (unpaired) electrons. The van der Waals surface area contributed by atoms with Crippen molar-refractivity contribution in [3.8, 4) is 0 Å². The van der Waals surface area contributed by atoms with Gasteiger partial charge in [-0.15, -0.1) is 0 Å². The number of sulfone groups is 1. The Bertz CT molecular complexity index is 523. The fourth-order valence-electron chi connectivity index (χ4n) is 1.11. The van der Waals surface area contributed by atoms with Crippen molar-refractivity contribution in [2.45, 2.75) is 11.1 Å². The summed E-state index contributed by atoms with van der Waals surface area (Å²) in [4.78, 5) is 11.9. The first-order valence-corrected chi connectivity index (χ1v) is 6.72. The number of carbonyl (C=O) groups is 1. The Morgan fingerprint density at radius 2 is 2.00 bits per heavy atom. The maximum atomic E-state index is 11.9. The van der Waals surface area contributed by atoms with Crippen molar-refractivity contribution >= 4 is 32.9 Å². The average molecular weight is 262 g/mol. The molecule has 0 saturated heterocycles. The minimum atomic E-state index is -3.69. The third-order valence-corrected chi connectivity index (χ3v) is 4.84. The maximum absolute atomic E-state index is 11.9. The molecule has 0 saturated carbocycles. The number of nitrogen functional groups attached to an aromatic ring is 1. The summed E-state index contributed by atoms with van der Waals surface area (Å²) in [7, 11) is -3.69. The zero-order chi connectivity index (χ0) is 12.6. The molecule has 0 heterocycles. The summed E-state index contributed by atoms with van der Waals surface area (Å²) >= 11 is 5.77. The molecule has 0 aliphatic rings. The molecule has 0 aromatic heterocycles. The lowest BCUT2D eigenvalue weighted by Crippen LogP contribution is -2.37. The van der Waals surface area contributed by atoms with E-state index in [4.69, 9.17) is 17.3 Å².